The fourth-order valence-corrected chi connectivity index (χ4v) is 3.01. The molecule has 0 saturated carbocycles. The number of benzene rings is 3. The lowest BCUT2D eigenvalue weighted by Gasteiger charge is -2.09. The number of carbonyl (C=O) groups is 1. The number of nitrogens with one attached hydrogen (secondary N) is 1. The third-order valence-electron chi connectivity index (χ3n) is 4.24. The predicted molar refractivity (Wildman–Crippen MR) is 114 cm³/mol. The van der Waals surface area contributed by atoms with Gasteiger partial charge in [0.2, 0.25) is 0 Å². The Balaban J connectivity index is 1.49. The molecule has 0 fully saturated rings. The molecule has 0 aliphatic carbocycles. The molecule has 0 unspecified atom stereocenters. The van der Waals surface area contributed by atoms with Crippen molar-refractivity contribution in [1.29, 1.82) is 0 Å². The second-order valence-corrected chi connectivity index (χ2v) is 7.29. The number of ether oxygens (including phenoxy) is 1. The van der Waals surface area contributed by atoms with Crippen LogP contribution in [0.15, 0.2) is 60.7 Å². The van der Waals surface area contributed by atoms with Crippen LogP contribution in [0.2, 0.25) is 10.0 Å². The van der Waals surface area contributed by atoms with Gasteiger partial charge < -0.3 is 10.1 Å². The third-order valence-corrected chi connectivity index (χ3v) is 4.75. The Morgan fingerprint density at radius 3 is 2.21 bits per heavy atom. The maximum absolute atomic E-state index is 12.3. The highest BCUT2D eigenvalue weighted by molar-refractivity contribution is 6.30. The van der Waals surface area contributed by atoms with Gasteiger partial charge in [-0.25, -0.2) is 0 Å². The number of amides is 1. The van der Waals surface area contributed by atoms with Crippen molar-refractivity contribution >= 4 is 45.8 Å². The molecule has 4 aromatic rings. The molecule has 1 aromatic heterocycles. The van der Waals surface area contributed by atoms with Crippen LogP contribution in [0.1, 0.15) is 5.56 Å². The van der Waals surface area contributed by atoms with Crippen molar-refractivity contribution in [2.24, 2.45) is 0 Å². The minimum absolute atomic E-state index is 0.115. The highest BCUT2D eigenvalue weighted by atomic mass is 35.5. The van der Waals surface area contributed by atoms with Crippen molar-refractivity contribution in [3.8, 4) is 11.4 Å². The van der Waals surface area contributed by atoms with Gasteiger partial charge in [0.15, 0.2) is 6.61 Å². The van der Waals surface area contributed by atoms with Gasteiger partial charge in [0.25, 0.3) is 5.91 Å². The normalized spacial score (nSPS) is 10.9. The average Bonchev–Trinajstić information content (AvgIpc) is 3.11. The number of halogens is 2. The molecular weight excluding hydrogens is 411 g/mol. The molecule has 0 bridgehead atoms. The molecule has 0 saturated heterocycles. The molecule has 0 aliphatic rings. The van der Waals surface area contributed by atoms with Crippen LogP contribution in [0.4, 0.5) is 5.69 Å². The Morgan fingerprint density at radius 1 is 0.966 bits per heavy atom. The van der Waals surface area contributed by atoms with E-state index in [0.29, 0.717) is 27.0 Å². The van der Waals surface area contributed by atoms with E-state index in [-0.39, 0.29) is 12.5 Å². The van der Waals surface area contributed by atoms with Gasteiger partial charge >= 0.3 is 0 Å². The number of hydrogen-bond donors (Lipinski definition) is 1. The van der Waals surface area contributed by atoms with E-state index in [1.54, 1.807) is 42.5 Å². The molecule has 1 heterocycles. The van der Waals surface area contributed by atoms with Crippen molar-refractivity contribution < 1.29 is 9.53 Å². The lowest BCUT2D eigenvalue weighted by Crippen LogP contribution is -2.20. The summed E-state index contributed by atoms with van der Waals surface area (Å²) in [6.45, 7) is 1.78. The first-order valence-corrected chi connectivity index (χ1v) is 9.55. The Morgan fingerprint density at radius 2 is 1.55 bits per heavy atom. The minimum Gasteiger partial charge on any atom is -0.484 e. The maximum Gasteiger partial charge on any atom is 0.262 e. The smallest absolute Gasteiger partial charge is 0.262 e. The van der Waals surface area contributed by atoms with Crippen LogP contribution in [0.5, 0.6) is 5.75 Å². The number of rotatable bonds is 5. The summed E-state index contributed by atoms with van der Waals surface area (Å²) in [4.78, 5) is 13.8. The summed E-state index contributed by atoms with van der Waals surface area (Å²) in [5.74, 6) is 0.301. The molecule has 0 radical (unpaired) electrons. The highest BCUT2D eigenvalue weighted by Gasteiger charge is 2.11. The molecule has 29 heavy (non-hydrogen) atoms. The number of hydrogen-bond acceptors (Lipinski definition) is 4. The fourth-order valence-electron chi connectivity index (χ4n) is 2.76. The number of aryl methyl sites for hydroxylation is 1. The van der Waals surface area contributed by atoms with Crippen molar-refractivity contribution in [3.05, 3.63) is 76.3 Å². The molecule has 1 amide bonds. The average molecular weight is 427 g/mol. The Bertz CT molecular complexity index is 1170. The number of anilines is 1. The van der Waals surface area contributed by atoms with Gasteiger partial charge in [0.1, 0.15) is 16.8 Å². The largest absolute Gasteiger partial charge is 0.484 e. The van der Waals surface area contributed by atoms with Gasteiger partial charge in [0, 0.05) is 15.7 Å². The van der Waals surface area contributed by atoms with Gasteiger partial charge in [-0.15, -0.1) is 10.2 Å². The van der Waals surface area contributed by atoms with Crippen LogP contribution >= 0.6 is 23.2 Å². The lowest BCUT2D eigenvalue weighted by atomic mass is 10.1. The van der Waals surface area contributed by atoms with E-state index in [0.717, 1.165) is 16.8 Å². The summed E-state index contributed by atoms with van der Waals surface area (Å²) in [7, 11) is 0. The van der Waals surface area contributed by atoms with E-state index in [2.05, 4.69) is 15.5 Å². The summed E-state index contributed by atoms with van der Waals surface area (Å²) >= 11 is 11.8. The van der Waals surface area contributed by atoms with Crippen LogP contribution in [0.25, 0.3) is 16.7 Å². The Labute approximate surface area is 177 Å². The molecule has 4 rings (SSSR count). The summed E-state index contributed by atoms with van der Waals surface area (Å²) in [6.07, 6.45) is 0. The van der Waals surface area contributed by atoms with Gasteiger partial charge in [-0.2, -0.15) is 4.80 Å². The van der Waals surface area contributed by atoms with Crippen LogP contribution in [-0.4, -0.2) is 27.5 Å². The van der Waals surface area contributed by atoms with Gasteiger partial charge in [-0.3, -0.25) is 4.79 Å². The third kappa shape index (κ3) is 4.50. The monoisotopic (exact) mass is 426 g/mol. The molecule has 0 aliphatic heterocycles. The molecule has 0 spiro atoms. The van der Waals surface area contributed by atoms with Crippen molar-refractivity contribution in [3.63, 3.8) is 0 Å². The van der Waals surface area contributed by atoms with E-state index in [1.165, 1.54) is 4.80 Å². The van der Waals surface area contributed by atoms with E-state index >= 15 is 0 Å². The maximum atomic E-state index is 12.3. The SMILES string of the molecule is Cc1cc2nn(-c3ccc(Cl)cc3)nc2cc1NC(=O)COc1ccc(Cl)cc1. The van der Waals surface area contributed by atoms with Crippen LogP contribution in [-0.2, 0) is 4.79 Å². The summed E-state index contributed by atoms with van der Waals surface area (Å²) in [6, 6.07) is 17.7. The summed E-state index contributed by atoms with van der Waals surface area (Å²) in [5.41, 5.74) is 3.73. The molecular formula is C21H16Cl2N4O2. The predicted octanol–water partition coefficient (Wildman–Crippen LogP) is 5.05. The zero-order chi connectivity index (χ0) is 20.4. The molecule has 146 valence electrons. The quantitative estimate of drug-likeness (QED) is 0.484. The van der Waals surface area contributed by atoms with E-state index in [4.69, 9.17) is 27.9 Å². The highest BCUT2D eigenvalue weighted by Crippen LogP contribution is 2.23. The molecule has 1 N–H and O–H groups in total. The Kier molecular flexibility index (Phi) is 5.38. The first kappa shape index (κ1) is 19.2. The van der Waals surface area contributed by atoms with Crippen molar-refractivity contribution in [2.75, 3.05) is 11.9 Å². The summed E-state index contributed by atoms with van der Waals surface area (Å²) < 4.78 is 5.48. The second kappa shape index (κ2) is 8.11. The number of aromatic nitrogens is 3. The van der Waals surface area contributed by atoms with Crippen molar-refractivity contribution in [1.82, 2.24) is 15.0 Å². The summed E-state index contributed by atoms with van der Waals surface area (Å²) in [5, 5.41) is 13.1. The molecule has 0 atom stereocenters. The van der Waals surface area contributed by atoms with Gasteiger partial charge in [-0.05, 0) is 73.2 Å². The number of fused-ring (bicyclic) bond motifs is 1. The number of nitrogens with zero attached hydrogens (tertiary/aromatic N) is 3. The van der Waals surface area contributed by atoms with Crippen molar-refractivity contribution in [2.45, 2.75) is 6.92 Å². The minimum atomic E-state index is -0.271. The topological polar surface area (TPSA) is 69.0 Å². The van der Waals surface area contributed by atoms with Crippen LogP contribution in [0.3, 0.4) is 0 Å². The molecule has 6 nitrogen and oxygen atoms in total. The van der Waals surface area contributed by atoms with Crippen LogP contribution < -0.4 is 10.1 Å². The van der Waals surface area contributed by atoms with E-state index < -0.39 is 0 Å². The molecule has 3 aromatic carbocycles. The second-order valence-electron chi connectivity index (χ2n) is 6.41. The van der Waals surface area contributed by atoms with Gasteiger partial charge in [-0.1, -0.05) is 23.2 Å². The standard InChI is InChI=1S/C21H16Cl2N4O2/c1-13-10-19-20(26-27(25-19)16-6-2-14(22)3-7-16)11-18(13)24-21(28)12-29-17-8-4-15(23)5-9-17/h2-11H,12H2,1H3,(H,24,28). The zero-order valence-electron chi connectivity index (χ0n) is 15.4. The first-order valence-electron chi connectivity index (χ1n) is 8.80. The van der Waals surface area contributed by atoms with E-state index in [9.17, 15) is 4.79 Å². The van der Waals surface area contributed by atoms with Crippen LogP contribution in [0, 0.1) is 6.92 Å². The number of carbonyl (C=O) groups excluding carboxylic acids is 1. The Hall–Kier alpha value is -3.09. The molecule has 8 heteroatoms. The van der Waals surface area contributed by atoms with E-state index in [1.807, 2.05) is 25.1 Å². The zero-order valence-corrected chi connectivity index (χ0v) is 16.9. The lowest BCUT2D eigenvalue weighted by molar-refractivity contribution is -0.118. The first-order chi connectivity index (χ1) is 14.0. The van der Waals surface area contributed by atoms with Gasteiger partial charge in [0.05, 0.1) is 5.69 Å². The fraction of sp³-hybridized carbons (Fsp3) is 0.0952.